The topological polar surface area (TPSA) is 25.8 Å². The third kappa shape index (κ3) is 4.40. The molecule has 2 heteroatoms. The van der Waals surface area contributed by atoms with Crippen molar-refractivity contribution in [3.05, 3.63) is 157 Å². The molecule has 0 spiro atoms. The first-order valence-corrected chi connectivity index (χ1v) is 16.0. The first-order chi connectivity index (χ1) is 22.2. The molecule has 8 rings (SSSR count). The Morgan fingerprint density at radius 1 is 0.422 bits per heavy atom. The molecule has 1 aliphatic rings. The Kier molecular flexibility index (Phi) is 6.64. The molecule has 0 atom stereocenters. The predicted octanol–water partition coefficient (Wildman–Crippen LogP) is 11.4. The van der Waals surface area contributed by atoms with Gasteiger partial charge in [0.1, 0.15) is 0 Å². The molecule has 1 aromatic heterocycles. The summed E-state index contributed by atoms with van der Waals surface area (Å²) in [7, 11) is 0. The summed E-state index contributed by atoms with van der Waals surface area (Å²) >= 11 is 0. The van der Waals surface area contributed by atoms with Crippen LogP contribution < -0.4 is 0 Å². The van der Waals surface area contributed by atoms with Crippen molar-refractivity contribution in [3.63, 3.8) is 0 Å². The summed E-state index contributed by atoms with van der Waals surface area (Å²) in [6, 6.07) is 52.2. The minimum Gasteiger partial charge on any atom is -0.228 e. The van der Waals surface area contributed by atoms with Gasteiger partial charge in [-0.15, -0.1) is 0 Å². The molecule has 0 radical (unpaired) electrons. The van der Waals surface area contributed by atoms with Crippen molar-refractivity contribution in [3.8, 4) is 56.2 Å². The molecule has 0 aliphatic heterocycles. The number of benzene rings is 6. The van der Waals surface area contributed by atoms with E-state index in [1.54, 1.807) is 0 Å². The van der Waals surface area contributed by atoms with Gasteiger partial charge < -0.3 is 0 Å². The van der Waals surface area contributed by atoms with Crippen LogP contribution in [0.1, 0.15) is 37.8 Å². The monoisotopic (exact) mass is 578 g/mol. The summed E-state index contributed by atoms with van der Waals surface area (Å²) < 4.78 is 0. The largest absolute Gasteiger partial charge is 0.228 e. The number of fused-ring (bicyclic) bond motifs is 4. The number of hydrogen-bond donors (Lipinski definition) is 0. The van der Waals surface area contributed by atoms with Gasteiger partial charge in [-0.25, -0.2) is 9.97 Å². The second-order valence-electron chi connectivity index (χ2n) is 12.0. The quantitative estimate of drug-likeness (QED) is 0.196. The van der Waals surface area contributed by atoms with Gasteiger partial charge in [0, 0.05) is 22.1 Å². The van der Waals surface area contributed by atoms with Crippen molar-refractivity contribution < 1.29 is 0 Å². The summed E-state index contributed by atoms with van der Waals surface area (Å²) in [5.74, 6) is 0.730. The van der Waals surface area contributed by atoms with Crippen LogP contribution in [0.5, 0.6) is 0 Å². The van der Waals surface area contributed by atoms with Gasteiger partial charge in [0.2, 0.25) is 0 Å². The molecule has 45 heavy (non-hydrogen) atoms. The molecule has 216 valence electrons. The summed E-state index contributed by atoms with van der Waals surface area (Å²) in [6.45, 7) is 4.67. The Morgan fingerprint density at radius 2 is 0.978 bits per heavy atom. The zero-order valence-corrected chi connectivity index (χ0v) is 25.7. The minimum atomic E-state index is 0.0420. The van der Waals surface area contributed by atoms with Crippen molar-refractivity contribution in [1.29, 1.82) is 0 Å². The molecule has 0 amide bonds. The third-order valence-electron chi connectivity index (χ3n) is 9.81. The first kappa shape index (κ1) is 27.2. The molecular weight excluding hydrogens is 544 g/mol. The van der Waals surface area contributed by atoms with Crippen molar-refractivity contribution in [1.82, 2.24) is 9.97 Å². The van der Waals surface area contributed by atoms with E-state index in [0.29, 0.717) is 0 Å². The average molecular weight is 579 g/mol. The molecule has 0 unspecified atom stereocenters. The van der Waals surface area contributed by atoms with Gasteiger partial charge in [-0.2, -0.15) is 0 Å². The molecule has 0 bridgehead atoms. The van der Waals surface area contributed by atoms with Gasteiger partial charge in [-0.3, -0.25) is 0 Å². The Labute approximate surface area is 265 Å². The van der Waals surface area contributed by atoms with E-state index in [-0.39, 0.29) is 5.41 Å². The van der Waals surface area contributed by atoms with Gasteiger partial charge >= 0.3 is 0 Å². The second kappa shape index (κ2) is 11.0. The van der Waals surface area contributed by atoms with Crippen LogP contribution in [0.15, 0.2) is 146 Å². The standard InChI is InChI=1S/C43H34N2/c1-3-43(4-2)38-22-14-13-21-35(38)36-24-23-31(27-39(36)43)32-25-26-37(34-20-12-11-19-33(32)34)41-28-40(29-15-7-5-8-16-29)44-42(45-41)30-17-9-6-10-18-30/h5-28H,3-4H2,1-2H3. The molecule has 7 aromatic rings. The Morgan fingerprint density at radius 3 is 1.71 bits per heavy atom. The zero-order chi connectivity index (χ0) is 30.4. The van der Waals surface area contributed by atoms with Crippen molar-refractivity contribution >= 4 is 10.8 Å². The third-order valence-corrected chi connectivity index (χ3v) is 9.81. The molecular formula is C43H34N2. The van der Waals surface area contributed by atoms with E-state index in [1.807, 2.05) is 24.3 Å². The highest BCUT2D eigenvalue weighted by molar-refractivity contribution is 6.05. The maximum atomic E-state index is 5.15. The molecule has 2 nitrogen and oxygen atoms in total. The molecule has 1 aliphatic carbocycles. The Balaban J connectivity index is 1.31. The fourth-order valence-electron chi connectivity index (χ4n) is 7.47. The van der Waals surface area contributed by atoms with E-state index in [1.165, 1.54) is 44.2 Å². The van der Waals surface area contributed by atoms with E-state index >= 15 is 0 Å². The highest BCUT2D eigenvalue weighted by Crippen LogP contribution is 2.53. The average Bonchev–Trinajstić information content (AvgIpc) is 3.41. The molecule has 0 fully saturated rings. The highest BCUT2D eigenvalue weighted by atomic mass is 14.9. The molecule has 0 saturated heterocycles. The fourth-order valence-corrected chi connectivity index (χ4v) is 7.47. The minimum absolute atomic E-state index is 0.0420. The first-order valence-electron chi connectivity index (χ1n) is 16.0. The van der Waals surface area contributed by atoms with Gasteiger partial charge in [0.15, 0.2) is 5.82 Å². The Bertz CT molecular complexity index is 2120. The highest BCUT2D eigenvalue weighted by Gasteiger charge is 2.40. The van der Waals surface area contributed by atoms with Crippen molar-refractivity contribution in [2.45, 2.75) is 32.1 Å². The van der Waals surface area contributed by atoms with Crippen LogP contribution in [0, 0.1) is 0 Å². The number of nitrogens with zero attached hydrogens (tertiary/aromatic N) is 2. The second-order valence-corrected chi connectivity index (χ2v) is 12.0. The van der Waals surface area contributed by atoms with Gasteiger partial charge in [0.05, 0.1) is 11.4 Å². The van der Waals surface area contributed by atoms with Crippen LogP contribution in [0.4, 0.5) is 0 Å². The number of aromatic nitrogens is 2. The van der Waals surface area contributed by atoms with Gasteiger partial charge in [-0.05, 0) is 69.1 Å². The van der Waals surface area contributed by atoms with E-state index < -0.39 is 0 Å². The zero-order valence-electron chi connectivity index (χ0n) is 25.7. The summed E-state index contributed by atoms with van der Waals surface area (Å²) in [5, 5.41) is 2.41. The maximum absolute atomic E-state index is 5.15. The van der Waals surface area contributed by atoms with E-state index in [4.69, 9.17) is 9.97 Å². The summed E-state index contributed by atoms with van der Waals surface area (Å²) in [5.41, 5.74) is 13.3. The Hall–Kier alpha value is -5.34. The molecule has 0 N–H and O–H groups in total. The van der Waals surface area contributed by atoms with E-state index in [0.717, 1.165) is 46.7 Å². The van der Waals surface area contributed by atoms with Gasteiger partial charge in [0.25, 0.3) is 0 Å². The normalized spacial score (nSPS) is 13.0. The lowest BCUT2D eigenvalue weighted by Gasteiger charge is -2.30. The van der Waals surface area contributed by atoms with Gasteiger partial charge in [-0.1, -0.05) is 147 Å². The van der Waals surface area contributed by atoms with Crippen molar-refractivity contribution in [2.24, 2.45) is 0 Å². The summed E-state index contributed by atoms with van der Waals surface area (Å²) in [6.07, 6.45) is 2.16. The van der Waals surface area contributed by atoms with Crippen LogP contribution in [0.3, 0.4) is 0 Å². The molecule has 1 heterocycles. The molecule has 6 aromatic carbocycles. The van der Waals surface area contributed by atoms with Crippen LogP contribution in [0.2, 0.25) is 0 Å². The van der Waals surface area contributed by atoms with Crippen molar-refractivity contribution in [2.75, 3.05) is 0 Å². The number of hydrogen-bond acceptors (Lipinski definition) is 2. The van der Waals surface area contributed by atoms with Crippen LogP contribution >= 0.6 is 0 Å². The fraction of sp³-hybridized carbons (Fsp3) is 0.116. The lowest BCUT2D eigenvalue weighted by atomic mass is 9.73. The van der Waals surface area contributed by atoms with Crippen LogP contribution in [-0.4, -0.2) is 9.97 Å². The van der Waals surface area contributed by atoms with Crippen LogP contribution in [-0.2, 0) is 5.41 Å². The number of rotatable bonds is 6. The maximum Gasteiger partial charge on any atom is 0.160 e. The van der Waals surface area contributed by atoms with E-state index in [2.05, 4.69) is 135 Å². The smallest absolute Gasteiger partial charge is 0.160 e. The SMILES string of the molecule is CCC1(CC)c2ccccc2-c2ccc(-c3ccc(-c4cc(-c5ccccc5)nc(-c5ccccc5)n4)c4ccccc34)cc21. The van der Waals surface area contributed by atoms with E-state index in [9.17, 15) is 0 Å². The molecule has 0 saturated carbocycles. The summed E-state index contributed by atoms with van der Waals surface area (Å²) in [4.78, 5) is 10.2. The lowest BCUT2D eigenvalue weighted by Crippen LogP contribution is -2.23. The predicted molar refractivity (Wildman–Crippen MR) is 188 cm³/mol. The van der Waals surface area contributed by atoms with Crippen LogP contribution in [0.25, 0.3) is 66.9 Å². The lowest BCUT2D eigenvalue weighted by molar-refractivity contribution is 0.490.